The maximum absolute atomic E-state index is 4.38. The molecule has 1 aromatic carbocycles. The standard InChI is InChI=1S/C15H22N2.C4H10/c1-3-5-11-17-13-15-8-6-14(7-9-15)12-16-10-4-2;1-3-4-2/h6-9,12-13H,3-5,10-11H2,1-2H3;3-4H2,1-2H3. The fraction of sp³-hybridized carbons (Fsp3) is 0.579. The van der Waals surface area contributed by atoms with Gasteiger partial charge in [0.05, 0.1) is 0 Å². The topological polar surface area (TPSA) is 24.7 Å². The molecular weight excluding hydrogens is 256 g/mol. The van der Waals surface area contributed by atoms with E-state index < -0.39 is 0 Å². The highest BCUT2D eigenvalue weighted by atomic mass is 14.7. The van der Waals surface area contributed by atoms with Gasteiger partial charge in [-0.25, -0.2) is 0 Å². The average Bonchev–Trinajstić information content (AvgIpc) is 2.53. The second kappa shape index (κ2) is 15.0. The first-order chi connectivity index (χ1) is 10.3. The van der Waals surface area contributed by atoms with Gasteiger partial charge in [-0.2, -0.15) is 0 Å². The molecular formula is C19H32N2. The first-order valence-corrected chi connectivity index (χ1v) is 8.38. The molecule has 21 heavy (non-hydrogen) atoms. The summed E-state index contributed by atoms with van der Waals surface area (Å²) < 4.78 is 0. The third-order valence-electron chi connectivity index (χ3n) is 2.91. The molecule has 118 valence electrons. The number of unbranched alkanes of at least 4 members (excludes halogenated alkanes) is 2. The molecule has 0 heterocycles. The molecule has 0 unspecified atom stereocenters. The summed E-state index contributed by atoms with van der Waals surface area (Å²) in [6.45, 7) is 10.5. The number of hydrogen-bond acceptors (Lipinski definition) is 2. The summed E-state index contributed by atoms with van der Waals surface area (Å²) in [6.07, 6.45) is 9.98. The Morgan fingerprint density at radius 2 is 1.14 bits per heavy atom. The summed E-state index contributed by atoms with van der Waals surface area (Å²) in [4.78, 5) is 8.70. The van der Waals surface area contributed by atoms with Crippen molar-refractivity contribution in [1.29, 1.82) is 0 Å². The van der Waals surface area contributed by atoms with E-state index in [9.17, 15) is 0 Å². The van der Waals surface area contributed by atoms with Crippen LogP contribution in [0.4, 0.5) is 0 Å². The van der Waals surface area contributed by atoms with Crippen molar-refractivity contribution in [2.75, 3.05) is 13.1 Å². The number of aliphatic imine (C=N–C) groups is 2. The molecule has 1 rings (SSSR count). The minimum atomic E-state index is 0.903. The Labute approximate surface area is 131 Å². The summed E-state index contributed by atoms with van der Waals surface area (Å²) in [7, 11) is 0. The van der Waals surface area contributed by atoms with Gasteiger partial charge in [-0.05, 0) is 24.0 Å². The number of benzene rings is 1. The Morgan fingerprint density at radius 1 is 0.667 bits per heavy atom. The normalized spacial score (nSPS) is 10.9. The van der Waals surface area contributed by atoms with Gasteiger partial charge in [-0.1, -0.05) is 71.2 Å². The Morgan fingerprint density at radius 3 is 1.52 bits per heavy atom. The molecule has 0 aliphatic carbocycles. The second-order valence-corrected chi connectivity index (χ2v) is 5.09. The molecule has 0 amide bonds. The van der Waals surface area contributed by atoms with Crippen molar-refractivity contribution in [1.82, 2.24) is 0 Å². The molecule has 0 bridgehead atoms. The van der Waals surface area contributed by atoms with Crippen LogP contribution >= 0.6 is 0 Å². The first-order valence-electron chi connectivity index (χ1n) is 8.38. The Bertz CT molecular complexity index is 375. The highest BCUT2D eigenvalue weighted by molar-refractivity contribution is 5.84. The highest BCUT2D eigenvalue weighted by Gasteiger charge is 1.89. The Hall–Kier alpha value is -1.44. The molecule has 1 aromatic rings. The van der Waals surface area contributed by atoms with E-state index >= 15 is 0 Å². The second-order valence-electron chi connectivity index (χ2n) is 5.09. The Kier molecular flexibility index (Phi) is 13.9. The van der Waals surface area contributed by atoms with Crippen LogP contribution in [0.2, 0.25) is 0 Å². The molecule has 0 aromatic heterocycles. The van der Waals surface area contributed by atoms with E-state index in [0.29, 0.717) is 0 Å². The van der Waals surface area contributed by atoms with Crippen molar-refractivity contribution in [3.63, 3.8) is 0 Å². The predicted octanol–water partition coefficient (Wildman–Crippen LogP) is 5.54. The zero-order chi connectivity index (χ0) is 15.8. The van der Waals surface area contributed by atoms with E-state index in [1.165, 1.54) is 19.3 Å². The third kappa shape index (κ3) is 12.0. The molecule has 2 heteroatoms. The lowest BCUT2D eigenvalue weighted by atomic mass is 10.1. The quantitative estimate of drug-likeness (QED) is 0.443. The largest absolute Gasteiger partial charge is 0.293 e. The first kappa shape index (κ1) is 19.6. The van der Waals surface area contributed by atoms with Gasteiger partial charge in [0.2, 0.25) is 0 Å². The molecule has 0 aliphatic heterocycles. The van der Waals surface area contributed by atoms with Crippen molar-refractivity contribution < 1.29 is 0 Å². The number of nitrogens with zero attached hydrogens (tertiary/aromatic N) is 2. The lowest BCUT2D eigenvalue weighted by Crippen LogP contribution is -1.87. The van der Waals surface area contributed by atoms with Gasteiger partial charge in [0.15, 0.2) is 0 Å². The van der Waals surface area contributed by atoms with Gasteiger partial charge in [0, 0.05) is 25.5 Å². The van der Waals surface area contributed by atoms with E-state index in [2.05, 4.69) is 61.9 Å². The van der Waals surface area contributed by atoms with Crippen LogP contribution in [-0.2, 0) is 0 Å². The maximum Gasteiger partial charge on any atom is 0.0389 e. The van der Waals surface area contributed by atoms with Gasteiger partial charge in [0.1, 0.15) is 0 Å². The minimum Gasteiger partial charge on any atom is -0.293 e. The molecule has 0 spiro atoms. The SMILES string of the molecule is CCCC.CCCCN=Cc1ccc(C=NCCC)cc1. The van der Waals surface area contributed by atoms with Crippen molar-refractivity contribution in [2.24, 2.45) is 9.98 Å². The lowest BCUT2D eigenvalue weighted by molar-refractivity contribution is 0.810. The zero-order valence-corrected chi connectivity index (χ0v) is 14.3. The van der Waals surface area contributed by atoms with Gasteiger partial charge in [-0.3, -0.25) is 9.98 Å². The smallest absolute Gasteiger partial charge is 0.0389 e. The molecule has 0 radical (unpaired) electrons. The van der Waals surface area contributed by atoms with Crippen LogP contribution in [0.3, 0.4) is 0 Å². The summed E-state index contributed by atoms with van der Waals surface area (Å²) in [5.74, 6) is 0. The lowest BCUT2D eigenvalue weighted by Gasteiger charge is -1.95. The van der Waals surface area contributed by atoms with E-state index in [1.54, 1.807) is 0 Å². The molecule has 0 saturated carbocycles. The van der Waals surface area contributed by atoms with E-state index in [0.717, 1.165) is 37.1 Å². The van der Waals surface area contributed by atoms with Crippen molar-refractivity contribution in [3.05, 3.63) is 35.4 Å². The zero-order valence-electron chi connectivity index (χ0n) is 14.3. The monoisotopic (exact) mass is 288 g/mol. The summed E-state index contributed by atoms with van der Waals surface area (Å²) >= 11 is 0. The summed E-state index contributed by atoms with van der Waals surface area (Å²) in [6, 6.07) is 8.34. The molecule has 0 N–H and O–H groups in total. The molecule has 0 aliphatic rings. The number of rotatable bonds is 8. The highest BCUT2D eigenvalue weighted by Crippen LogP contribution is 2.01. The van der Waals surface area contributed by atoms with Crippen molar-refractivity contribution >= 4 is 12.4 Å². The molecule has 0 fully saturated rings. The van der Waals surface area contributed by atoms with E-state index in [1.807, 2.05) is 12.4 Å². The van der Waals surface area contributed by atoms with Crippen LogP contribution in [-0.4, -0.2) is 25.5 Å². The minimum absolute atomic E-state index is 0.903. The average molecular weight is 288 g/mol. The van der Waals surface area contributed by atoms with E-state index in [-0.39, 0.29) is 0 Å². The van der Waals surface area contributed by atoms with Gasteiger partial charge >= 0.3 is 0 Å². The van der Waals surface area contributed by atoms with Crippen LogP contribution in [0.15, 0.2) is 34.3 Å². The fourth-order valence-corrected chi connectivity index (χ4v) is 1.39. The van der Waals surface area contributed by atoms with Crippen molar-refractivity contribution in [2.45, 2.75) is 59.8 Å². The fourth-order valence-electron chi connectivity index (χ4n) is 1.39. The maximum atomic E-state index is 4.38. The Balaban J connectivity index is 0.000000885. The van der Waals surface area contributed by atoms with Crippen LogP contribution in [0.25, 0.3) is 0 Å². The van der Waals surface area contributed by atoms with Gasteiger partial charge < -0.3 is 0 Å². The molecule has 0 saturated heterocycles. The third-order valence-corrected chi connectivity index (χ3v) is 2.91. The predicted molar refractivity (Wildman–Crippen MR) is 97.1 cm³/mol. The summed E-state index contributed by atoms with van der Waals surface area (Å²) in [5, 5.41) is 0. The van der Waals surface area contributed by atoms with Crippen LogP contribution in [0.5, 0.6) is 0 Å². The van der Waals surface area contributed by atoms with Crippen LogP contribution in [0, 0.1) is 0 Å². The van der Waals surface area contributed by atoms with Crippen LogP contribution < -0.4 is 0 Å². The van der Waals surface area contributed by atoms with Gasteiger partial charge in [0.25, 0.3) is 0 Å². The molecule has 0 atom stereocenters. The summed E-state index contributed by atoms with van der Waals surface area (Å²) in [5.41, 5.74) is 2.32. The number of hydrogen-bond donors (Lipinski definition) is 0. The van der Waals surface area contributed by atoms with Crippen LogP contribution in [0.1, 0.15) is 70.9 Å². The van der Waals surface area contributed by atoms with Gasteiger partial charge in [-0.15, -0.1) is 0 Å². The van der Waals surface area contributed by atoms with Crippen molar-refractivity contribution in [3.8, 4) is 0 Å². The van der Waals surface area contributed by atoms with E-state index in [4.69, 9.17) is 0 Å². The molecule has 2 nitrogen and oxygen atoms in total.